The number of nitrogens with zero attached hydrogens (tertiary/aromatic N) is 4. The molecule has 12 heteroatoms. The maximum absolute atomic E-state index is 16.1. The van der Waals surface area contributed by atoms with Gasteiger partial charge in [0, 0.05) is 7.11 Å². The highest BCUT2D eigenvalue weighted by atomic mass is 32.2. The third-order valence-corrected chi connectivity index (χ3v) is 6.73. The summed E-state index contributed by atoms with van der Waals surface area (Å²) >= 11 is 2.65. The van der Waals surface area contributed by atoms with Crippen molar-refractivity contribution in [3.05, 3.63) is 47.8 Å². The van der Waals surface area contributed by atoms with Crippen LogP contribution in [0.15, 0.2) is 46.7 Å². The van der Waals surface area contributed by atoms with Crippen LogP contribution in [0.2, 0.25) is 0 Å². The van der Waals surface area contributed by atoms with Crippen LogP contribution in [0.3, 0.4) is 0 Å². The summed E-state index contributed by atoms with van der Waals surface area (Å²) in [6.45, 7) is 0.845. The predicted molar refractivity (Wildman–Crippen MR) is 120 cm³/mol. The Hall–Kier alpha value is -2.25. The molecule has 1 aliphatic heterocycles. The van der Waals surface area contributed by atoms with Crippen LogP contribution in [-0.2, 0) is 20.0 Å². The Morgan fingerprint density at radius 1 is 1.30 bits per heavy atom. The normalized spacial score (nSPS) is 27.2. The highest BCUT2D eigenvalue weighted by Crippen LogP contribution is 2.49. The maximum Gasteiger partial charge on any atom is 0.338 e. The van der Waals surface area contributed by atoms with Crippen molar-refractivity contribution in [2.75, 3.05) is 26.2 Å². The number of carbonyl (C=O) groups is 1. The van der Waals surface area contributed by atoms with E-state index in [1.807, 2.05) is 6.26 Å². The molecule has 4 rings (SSSR count). The topological polar surface area (TPSA) is 108 Å². The number of hydrogen-bond donors (Lipinski definition) is 1. The van der Waals surface area contributed by atoms with E-state index in [-0.39, 0.29) is 12.3 Å². The molecule has 1 unspecified atom stereocenters. The quantitative estimate of drug-likeness (QED) is 0.389. The Kier molecular flexibility index (Phi) is 6.65. The number of aliphatic hydroxyl groups is 1. The van der Waals surface area contributed by atoms with Gasteiger partial charge in [-0.25, -0.2) is 23.7 Å². The Bertz CT molecular complexity index is 1160. The van der Waals surface area contributed by atoms with Crippen molar-refractivity contribution in [2.24, 2.45) is 0 Å². The predicted octanol–water partition coefficient (Wildman–Crippen LogP) is 2.71. The lowest BCUT2D eigenvalue weighted by molar-refractivity contribution is -0.256. The molecule has 1 saturated heterocycles. The Balaban J connectivity index is 1.68. The molecule has 1 fully saturated rings. The molecule has 9 nitrogen and oxygen atoms in total. The SMILES string of the molecule is CO[C@@H]1[C@@H](COC(=O)c2ccccc2)OC(O)(c2cnc3c(SC)nc(SC)nn23)[C@]1(C)F. The molecule has 0 amide bonds. The fourth-order valence-corrected chi connectivity index (χ4v) is 4.75. The van der Waals surface area contributed by atoms with Gasteiger partial charge >= 0.3 is 5.97 Å². The van der Waals surface area contributed by atoms with Crippen LogP contribution in [-0.4, -0.2) is 74.8 Å². The molecular formula is C21H23FN4O5S2. The highest BCUT2D eigenvalue weighted by molar-refractivity contribution is 7.99. The molecule has 0 saturated carbocycles. The zero-order chi connectivity index (χ0) is 23.8. The smallest absolute Gasteiger partial charge is 0.338 e. The second-order valence-corrected chi connectivity index (χ2v) is 9.05. The van der Waals surface area contributed by atoms with E-state index < -0.39 is 29.6 Å². The van der Waals surface area contributed by atoms with Crippen LogP contribution in [0, 0.1) is 0 Å². The molecule has 2 aromatic heterocycles. The van der Waals surface area contributed by atoms with Crippen LogP contribution in [0.4, 0.5) is 4.39 Å². The molecule has 1 N–H and O–H groups in total. The van der Waals surface area contributed by atoms with Gasteiger partial charge in [-0.1, -0.05) is 30.0 Å². The lowest BCUT2D eigenvalue weighted by Crippen LogP contribution is -2.50. The number of aromatic nitrogens is 4. The zero-order valence-electron chi connectivity index (χ0n) is 18.4. The van der Waals surface area contributed by atoms with E-state index in [0.29, 0.717) is 21.4 Å². The summed E-state index contributed by atoms with van der Waals surface area (Å²) in [4.78, 5) is 21.0. The van der Waals surface area contributed by atoms with Crippen LogP contribution in [0.5, 0.6) is 0 Å². The molecule has 0 spiro atoms. The number of esters is 1. The van der Waals surface area contributed by atoms with Crippen molar-refractivity contribution in [1.29, 1.82) is 0 Å². The molecule has 0 bridgehead atoms. The van der Waals surface area contributed by atoms with Crippen molar-refractivity contribution < 1.29 is 28.5 Å². The Morgan fingerprint density at radius 2 is 2.03 bits per heavy atom. The van der Waals surface area contributed by atoms with Gasteiger partial charge in [0.15, 0.2) is 11.3 Å². The van der Waals surface area contributed by atoms with Gasteiger partial charge in [-0.05, 0) is 31.6 Å². The number of carbonyl (C=O) groups excluding carboxylic acids is 1. The molecule has 3 aromatic rings. The molecular weight excluding hydrogens is 471 g/mol. The van der Waals surface area contributed by atoms with E-state index in [1.165, 1.54) is 48.3 Å². The van der Waals surface area contributed by atoms with Crippen molar-refractivity contribution in [3.63, 3.8) is 0 Å². The lowest BCUT2D eigenvalue weighted by atomic mass is 9.90. The number of methoxy groups -OCH3 is 1. The summed E-state index contributed by atoms with van der Waals surface area (Å²) in [7, 11) is 1.30. The Labute approximate surface area is 198 Å². The van der Waals surface area contributed by atoms with E-state index in [4.69, 9.17) is 14.2 Å². The Morgan fingerprint density at radius 3 is 2.67 bits per heavy atom. The number of benzene rings is 1. The van der Waals surface area contributed by atoms with Gasteiger partial charge in [0.05, 0.1) is 11.8 Å². The summed E-state index contributed by atoms with van der Waals surface area (Å²) in [5.41, 5.74) is -1.74. The average Bonchev–Trinajstić information content (AvgIpc) is 3.34. The van der Waals surface area contributed by atoms with Gasteiger partial charge in [0.25, 0.3) is 0 Å². The second kappa shape index (κ2) is 9.18. The molecule has 1 aromatic carbocycles. The van der Waals surface area contributed by atoms with E-state index in [1.54, 1.807) is 36.6 Å². The molecule has 0 aliphatic carbocycles. The zero-order valence-corrected chi connectivity index (χ0v) is 20.0. The van der Waals surface area contributed by atoms with Gasteiger partial charge < -0.3 is 19.3 Å². The van der Waals surface area contributed by atoms with Gasteiger partial charge in [-0.2, -0.15) is 0 Å². The first-order valence-corrected chi connectivity index (χ1v) is 12.4. The van der Waals surface area contributed by atoms with Gasteiger partial charge in [0.2, 0.25) is 10.9 Å². The van der Waals surface area contributed by atoms with Crippen molar-refractivity contribution in [3.8, 4) is 0 Å². The van der Waals surface area contributed by atoms with Gasteiger partial charge in [0.1, 0.15) is 29.5 Å². The van der Waals surface area contributed by atoms with Crippen molar-refractivity contribution in [1.82, 2.24) is 19.6 Å². The average molecular weight is 495 g/mol. The maximum atomic E-state index is 16.1. The van der Waals surface area contributed by atoms with Crippen LogP contribution >= 0.6 is 23.5 Å². The molecule has 3 heterocycles. The number of rotatable bonds is 7. The fraction of sp³-hybridized carbons (Fsp3) is 0.429. The number of ether oxygens (including phenoxy) is 3. The van der Waals surface area contributed by atoms with Crippen molar-refractivity contribution in [2.45, 2.75) is 40.8 Å². The fourth-order valence-electron chi connectivity index (χ4n) is 3.85. The van der Waals surface area contributed by atoms with E-state index in [9.17, 15) is 9.90 Å². The van der Waals surface area contributed by atoms with Crippen LogP contribution < -0.4 is 0 Å². The minimum atomic E-state index is -2.48. The number of imidazole rings is 1. The standard InChI is InChI=1S/C21H23FN4O5S2/c1-20(22)15(29-2)13(11-30-18(27)12-8-6-5-7-9-12)31-21(20,28)14-10-23-16-17(32-3)24-19(33-4)25-26(14)16/h5-10,13,15,28H,11H2,1-4H3/t13-,15-,20-,21?/m1/s1. The number of hydrogen-bond acceptors (Lipinski definition) is 10. The molecule has 0 radical (unpaired) electrons. The minimum Gasteiger partial charge on any atom is -0.459 e. The largest absolute Gasteiger partial charge is 0.459 e. The van der Waals surface area contributed by atoms with Crippen molar-refractivity contribution >= 4 is 35.1 Å². The number of thioether (sulfide) groups is 2. The number of alkyl halides is 1. The van der Waals surface area contributed by atoms with Crippen LogP contribution in [0.1, 0.15) is 23.0 Å². The van der Waals surface area contributed by atoms with E-state index >= 15 is 4.39 Å². The monoisotopic (exact) mass is 494 g/mol. The lowest BCUT2D eigenvalue weighted by Gasteiger charge is -2.32. The first kappa shape index (κ1) is 23.9. The summed E-state index contributed by atoms with van der Waals surface area (Å²) in [6, 6.07) is 8.39. The van der Waals surface area contributed by atoms with Gasteiger partial charge in [-0.3, -0.25) is 0 Å². The first-order chi connectivity index (χ1) is 15.8. The number of halogens is 1. The van der Waals surface area contributed by atoms with E-state index in [2.05, 4.69) is 15.1 Å². The summed E-state index contributed by atoms with van der Waals surface area (Å²) in [6.07, 6.45) is 2.61. The molecule has 33 heavy (non-hydrogen) atoms. The highest BCUT2D eigenvalue weighted by Gasteiger charge is 2.67. The molecule has 4 atom stereocenters. The first-order valence-electron chi connectivity index (χ1n) is 9.95. The molecule has 1 aliphatic rings. The second-order valence-electron chi connectivity index (χ2n) is 7.48. The third-order valence-electron chi connectivity index (χ3n) is 5.53. The minimum absolute atomic E-state index is 0.0190. The van der Waals surface area contributed by atoms with Crippen LogP contribution in [0.25, 0.3) is 5.65 Å². The van der Waals surface area contributed by atoms with E-state index in [0.717, 1.165) is 0 Å². The van der Waals surface area contributed by atoms with Gasteiger partial charge in [-0.15, -0.1) is 16.9 Å². The number of fused-ring (bicyclic) bond motifs is 1. The third kappa shape index (κ3) is 3.99. The summed E-state index contributed by atoms with van der Waals surface area (Å²) in [5, 5.41) is 16.9. The summed E-state index contributed by atoms with van der Waals surface area (Å²) in [5.74, 6) is -3.07. The summed E-state index contributed by atoms with van der Waals surface area (Å²) < 4.78 is 33.9. The molecule has 176 valence electrons.